The lowest BCUT2D eigenvalue weighted by atomic mass is 9.81. The van der Waals surface area contributed by atoms with E-state index in [4.69, 9.17) is 0 Å². The monoisotopic (exact) mass is 880 g/mol. The van der Waals surface area contributed by atoms with Crippen molar-refractivity contribution >= 4 is 77.2 Å². The zero-order valence-corrected chi connectivity index (χ0v) is 38.6. The van der Waals surface area contributed by atoms with Crippen molar-refractivity contribution in [3.63, 3.8) is 0 Å². The second-order valence-electron chi connectivity index (χ2n) is 18.9. The Labute approximate surface area is 403 Å². The van der Waals surface area contributed by atoms with E-state index < -0.39 is 0 Å². The van der Waals surface area contributed by atoms with Crippen molar-refractivity contribution < 1.29 is 0 Å². The van der Waals surface area contributed by atoms with Crippen molar-refractivity contribution in [2.75, 3.05) is 9.80 Å². The quantitative estimate of drug-likeness (QED) is 0.111. The van der Waals surface area contributed by atoms with Crippen LogP contribution in [0.25, 0.3) is 76.5 Å². The van der Waals surface area contributed by atoms with E-state index in [1.165, 1.54) is 76.8 Å². The van der Waals surface area contributed by atoms with E-state index in [-0.39, 0.29) is 5.41 Å². The predicted octanol–water partition coefficient (Wildman–Crippen LogP) is 18.9. The Morgan fingerprint density at radius 2 is 0.681 bits per heavy atom. The Kier molecular flexibility index (Phi) is 9.55. The van der Waals surface area contributed by atoms with Crippen LogP contribution >= 0.6 is 0 Å². The first kappa shape index (κ1) is 40.5. The van der Waals surface area contributed by atoms with E-state index in [9.17, 15) is 0 Å². The number of anilines is 6. The van der Waals surface area contributed by atoms with Crippen molar-refractivity contribution in [1.82, 2.24) is 0 Å². The molecule has 13 rings (SSSR count). The summed E-state index contributed by atoms with van der Waals surface area (Å²) in [4.78, 5) is 5.11. The van der Waals surface area contributed by atoms with Crippen LogP contribution in [0.3, 0.4) is 0 Å². The summed E-state index contributed by atoms with van der Waals surface area (Å²) in [5.74, 6) is 0. The molecule has 2 heteroatoms. The number of benzene rings is 12. The molecule has 326 valence electrons. The van der Waals surface area contributed by atoms with Gasteiger partial charge in [-0.3, -0.25) is 0 Å². The Morgan fingerprint density at radius 3 is 1.22 bits per heavy atom. The number of fused-ring (bicyclic) bond motifs is 7. The van der Waals surface area contributed by atoms with E-state index in [2.05, 4.69) is 278 Å². The minimum absolute atomic E-state index is 0.236. The maximum Gasteiger partial charge on any atom is 0.0620 e. The van der Waals surface area contributed by atoms with Gasteiger partial charge in [-0.25, -0.2) is 0 Å². The van der Waals surface area contributed by atoms with Gasteiger partial charge in [-0.1, -0.05) is 220 Å². The first-order valence-corrected chi connectivity index (χ1v) is 24.0. The lowest BCUT2D eigenvalue weighted by Gasteiger charge is -2.34. The van der Waals surface area contributed by atoms with Crippen LogP contribution in [-0.2, 0) is 5.41 Å². The fourth-order valence-corrected chi connectivity index (χ4v) is 11.3. The molecule has 0 aliphatic heterocycles. The molecule has 0 N–H and O–H groups in total. The normalized spacial score (nSPS) is 12.6. The highest BCUT2D eigenvalue weighted by Gasteiger charge is 2.37. The molecule has 0 aromatic heterocycles. The molecule has 0 spiro atoms. The van der Waals surface area contributed by atoms with Crippen LogP contribution in [0, 0.1) is 0 Å². The first-order chi connectivity index (χ1) is 34.0. The third-order valence-corrected chi connectivity index (χ3v) is 14.6. The van der Waals surface area contributed by atoms with Crippen molar-refractivity contribution in [2.45, 2.75) is 19.3 Å². The van der Waals surface area contributed by atoms with Crippen molar-refractivity contribution in [3.8, 4) is 33.4 Å². The summed E-state index contributed by atoms with van der Waals surface area (Å²) in [6, 6.07) is 94.1. The van der Waals surface area contributed by atoms with Gasteiger partial charge in [0.05, 0.1) is 22.7 Å². The minimum atomic E-state index is -0.236. The number of rotatable bonds is 8. The highest BCUT2D eigenvalue weighted by atomic mass is 15.2. The zero-order valence-electron chi connectivity index (χ0n) is 38.6. The summed E-state index contributed by atoms with van der Waals surface area (Å²) >= 11 is 0. The molecule has 12 aromatic rings. The fraction of sp³-hybridized carbons (Fsp3) is 0.0448. The highest BCUT2D eigenvalue weighted by Crippen LogP contribution is 2.57. The molecule has 1 aliphatic rings. The summed E-state index contributed by atoms with van der Waals surface area (Å²) in [6.07, 6.45) is 0. The van der Waals surface area contributed by atoms with Crippen molar-refractivity contribution in [2.24, 2.45) is 0 Å². The van der Waals surface area contributed by atoms with Gasteiger partial charge in [0, 0.05) is 49.1 Å². The molecule has 0 heterocycles. The summed E-state index contributed by atoms with van der Waals surface area (Å²) in [7, 11) is 0. The smallest absolute Gasteiger partial charge is 0.0620 e. The van der Waals surface area contributed by atoms with Gasteiger partial charge in [0.25, 0.3) is 0 Å². The summed E-state index contributed by atoms with van der Waals surface area (Å²) in [6.45, 7) is 4.79. The van der Waals surface area contributed by atoms with Crippen LogP contribution in [-0.4, -0.2) is 0 Å². The van der Waals surface area contributed by atoms with Gasteiger partial charge in [-0.15, -0.1) is 0 Å². The molecule has 0 saturated carbocycles. The van der Waals surface area contributed by atoms with Crippen molar-refractivity contribution in [1.29, 1.82) is 0 Å². The van der Waals surface area contributed by atoms with Gasteiger partial charge < -0.3 is 9.80 Å². The third-order valence-electron chi connectivity index (χ3n) is 14.6. The Morgan fingerprint density at radius 1 is 0.275 bits per heavy atom. The van der Waals surface area contributed by atoms with E-state index >= 15 is 0 Å². The lowest BCUT2D eigenvalue weighted by Crippen LogP contribution is -2.17. The van der Waals surface area contributed by atoms with Crippen molar-refractivity contribution in [3.05, 3.63) is 266 Å². The van der Waals surface area contributed by atoms with E-state index in [0.29, 0.717) is 0 Å². The van der Waals surface area contributed by atoms with Gasteiger partial charge in [0.15, 0.2) is 0 Å². The average molecular weight is 881 g/mol. The molecule has 0 radical (unpaired) electrons. The number of hydrogen-bond donors (Lipinski definition) is 0. The second kappa shape index (κ2) is 16.3. The third kappa shape index (κ3) is 6.63. The Balaban J connectivity index is 1.21. The molecule has 0 atom stereocenters. The molecular formula is C67H48N2. The maximum atomic E-state index is 2.56. The Bertz CT molecular complexity index is 3930. The highest BCUT2D eigenvalue weighted by molar-refractivity contribution is 6.25. The van der Waals surface area contributed by atoms with Crippen LogP contribution < -0.4 is 9.80 Å². The van der Waals surface area contributed by atoms with Gasteiger partial charge in [-0.05, 0) is 104 Å². The standard InChI is InChI=1S/C67H48N2/c1-67(2)61-38-16-15-35-55(61)58-43-59-60(44-62(58)67)66(69(64-40-20-28-48-26-10-12-34-54(48)64)52-32-18-30-50(42-52)46-23-7-4-8-24-46)57-37-14-13-36-56(57)65(59)68(63-39-19-27-47-25-9-11-33-53(47)63)51-31-17-29-49(41-51)45-21-5-3-6-22-45/h3-44H,1-2H3. The van der Waals surface area contributed by atoms with E-state index in [1.807, 2.05) is 0 Å². The Hall–Kier alpha value is -8.72. The fourth-order valence-electron chi connectivity index (χ4n) is 11.3. The summed E-state index contributed by atoms with van der Waals surface area (Å²) in [5.41, 5.74) is 16.5. The second-order valence-corrected chi connectivity index (χ2v) is 18.9. The van der Waals surface area contributed by atoms with Gasteiger partial charge in [-0.2, -0.15) is 0 Å². The predicted molar refractivity (Wildman–Crippen MR) is 294 cm³/mol. The van der Waals surface area contributed by atoms with E-state index in [1.54, 1.807) is 0 Å². The average Bonchev–Trinajstić information content (AvgIpc) is 3.64. The van der Waals surface area contributed by atoms with Crippen LogP contribution in [0.5, 0.6) is 0 Å². The zero-order chi connectivity index (χ0) is 46.1. The lowest BCUT2D eigenvalue weighted by molar-refractivity contribution is 0.661. The van der Waals surface area contributed by atoms with Gasteiger partial charge in [0.1, 0.15) is 0 Å². The number of nitrogens with zero attached hydrogens (tertiary/aromatic N) is 2. The summed E-state index contributed by atoms with van der Waals surface area (Å²) in [5, 5.41) is 9.46. The largest absolute Gasteiger partial charge is 0.309 e. The SMILES string of the molecule is CC1(C)c2ccccc2-c2cc3c(N(c4cccc(-c5ccccc5)c4)c4cccc5ccccc45)c4ccccc4c(N(c4cccc(-c5ccccc5)c4)c4cccc5ccccc45)c3cc21. The van der Waals surface area contributed by atoms with Crippen LogP contribution in [0.15, 0.2) is 255 Å². The van der Waals surface area contributed by atoms with Crippen LogP contribution in [0.1, 0.15) is 25.0 Å². The minimum Gasteiger partial charge on any atom is -0.309 e. The van der Waals surface area contributed by atoms with Crippen LogP contribution in [0.4, 0.5) is 34.1 Å². The van der Waals surface area contributed by atoms with Gasteiger partial charge >= 0.3 is 0 Å². The molecule has 0 saturated heterocycles. The topological polar surface area (TPSA) is 6.48 Å². The molecule has 12 aromatic carbocycles. The molecule has 69 heavy (non-hydrogen) atoms. The molecule has 0 unspecified atom stereocenters. The number of hydrogen-bond acceptors (Lipinski definition) is 2. The molecule has 0 fully saturated rings. The maximum absolute atomic E-state index is 2.56. The molecule has 2 nitrogen and oxygen atoms in total. The molecular weight excluding hydrogens is 833 g/mol. The summed E-state index contributed by atoms with van der Waals surface area (Å²) < 4.78 is 0. The molecule has 0 bridgehead atoms. The van der Waals surface area contributed by atoms with E-state index in [0.717, 1.165) is 44.9 Å². The molecule has 1 aliphatic carbocycles. The van der Waals surface area contributed by atoms with Gasteiger partial charge in [0.2, 0.25) is 0 Å². The molecule has 0 amide bonds. The first-order valence-electron chi connectivity index (χ1n) is 24.0. The van der Waals surface area contributed by atoms with Crippen LogP contribution in [0.2, 0.25) is 0 Å².